The van der Waals surface area contributed by atoms with Crippen LogP contribution in [0.4, 0.5) is 11.4 Å². The summed E-state index contributed by atoms with van der Waals surface area (Å²) < 4.78 is 0. The summed E-state index contributed by atoms with van der Waals surface area (Å²) >= 11 is 0. The highest BCUT2D eigenvalue weighted by molar-refractivity contribution is 5.52. The molecule has 0 spiro atoms. The lowest BCUT2D eigenvalue weighted by molar-refractivity contribution is 0.476. The van der Waals surface area contributed by atoms with Gasteiger partial charge in [-0.2, -0.15) is 5.11 Å². The maximum atomic E-state index is 9.60. The third kappa shape index (κ3) is 2.91. The number of azo groups is 1. The van der Waals surface area contributed by atoms with Crippen LogP contribution in [0.25, 0.3) is 0 Å². The number of rotatable bonds is 2. The molecule has 0 aromatic heterocycles. The first-order valence-electron chi connectivity index (χ1n) is 5.43. The normalized spacial score (nSPS) is 10.9. The molecule has 3 heteroatoms. The van der Waals surface area contributed by atoms with Gasteiger partial charge in [0.2, 0.25) is 0 Å². The van der Waals surface area contributed by atoms with Gasteiger partial charge in [-0.25, -0.2) is 0 Å². The van der Waals surface area contributed by atoms with Crippen molar-refractivity contribution in [2.24, 2.45) is 10.2 Å². The Morgan fingerprint density at radius 1 is 0.824 bits per heavy atom. The molecule has 86 valence electrons. The molecule has 0 aliphatic carbocycles. The van der Waals surface area contributed by atoms with Gasteiger partial charge in [0.15, 0.2) is 0 Å². The molecule has 17 heavy (non-hydrogen) atoms. The Labute approximate surface area is 100 Å². The van der Waals surface area contributed by atoms with Crippen LogP contribution in [0.1, 0.15) is 11.1 Å². The second-order valence-corrected chi connectivity index (χ2v) is 4.03. The van der Waals surface area contributed by atoms with E-state index in [0.717, 1.165) is 11.3 Å². The maximum Gasteiger partial charge on any atom is 0.143 e. The molecular weight excluding hydrogens is 212 g/mol. The summed E-state index contributed by atoms with van der Waals surface area (Å²) in [4.78, 5) is 0. The van der Waals surface area contributed by atoms with Gasteiger partial charge in [-0.15, -0.1) is 5.11 Å². The average molecular weight is 226 g/mol. The molecule has 0 radical (unpaired) electrons. The predicted molar refractivity (Wildman–Crippen MR) is 68.2 cm³/mol. The van der Waals surface area contributed by atoms with E-state index in [1.54, 1.807) is 12.1 Å². The Morgan fingerprint density at radius 2 is 1.47 bits per heavy atom. The van der Waals surface area contributed by atoms with E-state index in [0.29, 0.717) is 5.69 Å². The number of aromatic hydroxyl groups is 1. The fourth-order valence-electron chi connectivity index (χ4n) is 1.44. The van der Waals surface area contributed by atoms with E-state index < -0.39 is 0 Å². The van der Waals surface area contributed by atoms with Crippen LogP contribution in [0.5, 0.6) is 5.75 Å². The lowest BCUT2D eigenvalue weighted by atomic mass is 10.2. The van der Waals surface area contributed by atoms with Crippen molar-refractivity contribution in [1.82, 2.24) is 0 Å². The van der Waals surface area contributed by atoms with E-state index in [4.69, 9.17) is 0 Å². The predicted octanol–water partition coefficient (Wildman–Crippen LogP) is 4.42. The van der Waals surface area contributed by atoms with E-state index in [1.165, 1.54) is 5.56 Å². The highest BCUT2D eigenvalue weighted by atomic mass is 16.3. The van der Waals surface area contributed by atoms with Gasteiger partial charge in [-0.1, -0.05) is 23.8 Å². The van der Waals surface area contributed by atoms with Crippen LogP contribution in [-0.4, -0.2) is 5.11 Å². The molecule has 0 aliphatic heterocycles. The van der Waals surface area contributed by atoms with Crippen molar-refractivity contribution in [2.45, 2.75) is 13.8 Å². The van der Waals surface area contributed by atoms with Gasteiger partial charge < -0.3 is 5.11 Å². The molecule has 0 saturated heterocycles. The SMILES string of the molecule is Cc1ccc(N=Nc2cc(C)ccc2O)cc1. The van der Waals surface area contributed by atoms with Gasteiger partial charge in [0.1, 0.15) is 11.4 Å². The Morgan fingerprint density at radius 3 is 2.18 bits per heavy atom. The van der Waals surface area contributed by atoms with Crippen molar-refractivity contribution in [1.29, 1.82) is 0 Å². The molecule has 0 atom stereocenters. The Hall–Kier alpha value is -2.16. The van der Waals surface area contributed by atoms with E-state index in [9.17, 15) is 5.11 Å². The third-order valence-electron chi connectivity index (χ3n) is 2.44. The van der Waals surface area contributed by atoms with Crippen LogP contribution in [0, 0.1) is 13.8 Å². The van der Waals surface area contributed by atoms with Crippen molar-refractivity contribution in [3.8, 4) is 5.75 Å². The lowest BCUT2D eigenvalue weighted by Gasteiger charge is -1.99. The van der Waals surface area contributed by atoms with Crippen LogP contribution in [0.15, 0.2) is 52.7 Å². The average Bonchev–Trinajstić information content (AvgIpc) is 2.32. The zero-order chi connectivity index (χ0) is 12.3. The van der Waals surface area contributed by atoms with Gasteiger partial charge in [0, 0.05) is 0 Å². The zero-order valence-electron chi connectivity index (χ0n) is 9.88. The van der Waals surface area contributed by atoms with Crippen LogP contribution in [0.3, 0.4) is 0 Å². The molecule has 3 nitrogen and oxygen atoms in total. The molecule has 2 rings (SSSR count). The summed E-state index contributed by atoms with van der Waals surface area (Å²) in [6.07, 6.45) is 0. The third-order valence-corrected chi connectivity index (χ3v) is 2.44. The van der Waals surface area contributed by atoms with E-state index >= 15 is 0 Å². The van der Waals surface area contributed by atoms with Crippen molar-refractivity contribution in [2.75, 3.05) is 0 Å². The van der Waals surface area contributed by atoms with Crippen LogP contribution in [0.2, 0.25) is 0 Å². The summed E-state index contributed by atoms with van der Waals surface area (Å²) in [5.41, 5.74) is 3.49. The van der Waals surface area contributed by atoms with Crippen molar-refractivity contribution in [3.05, 3.63) is 53.6 Å². The summed E-state index contributed by atoms with van der Waals surface area (Å²) in [7, 11) is 0. The summed E-state index contributed by atoms with van der Waals surface area (Å²) in [6, 6.07) is 13.0. The standard InChI is InChI=1S/C14H14N2O/c1-10-3-6-12(7-4-10)15-16-13-9-11(2)5-8-14(13)17/h3-9,17H,1-2H3. The number of phenolic OH excluding ortho intramolecular Hbond substituents is 1. The van der Waals surface area contributed by atoms with Gasteiger partial charge >= 0.3 is 0 Å². The largest absolute Gasteiger partial charge is 0.506 e. The minimum atomic E-state index is 0.145. The first kappa shape index (κ1) is 11.3. The highest BCUT2D eigenvalue weighted by Crippen LogP contribution is 2.28. The quantitative estimate of drug-likeness (QED) is 0.756. The molecule has 0 aliphatic rings. The minimum absolute atomic E-state index is 0.145. The molecule has 2 aromatic carbocycles. The van der Waals surface area contributed by atoms with E-state index in [-0.39, 0.29) is 5.75 Å². The van der Waals surface area contributed by atoms with Crippen molar-refractivity contribution < 1.29 is 5.11 Å². The minimum Gasteiger partial charge on any atom is -0.506 e. The number of aryl methyl sites for hydroxylation is 2. The van der Waals surface area contributed by atoms with Gasteiger partial charge in [-0.3, -0.25) is 0 Å². The number of benzene rings is 2. The fraction of sp³-hybridized carbons (Fsp3) is 0.143. The molecular formula is C14H14N2O. The first-order chi connectivity index (χ1) is 8.15. The fourth-order valence-corrected chi connectivity index (χ4v) is 1.44. The number of hydrogen-bond donors (Lipinski definition) is 1. The number of hydrogen-bond acceptors (Lipinski definition) is 3. The number of phenols is 1. The highest BCUT2D eigenvalue weighted by Gasteiger charge is 1.99. The molecule has 2 aromatic rings. The van der Waals surface area contributed by atoms with Crippen LogP contribution in [-0.2, 0) is 0 Å². The Bertz CT molecular complexity index is 545. The monoisotopic (exact) mass is 226 g/mol. The smallest absolute Gasteiger partial charge is 0.143 e. The first-order valence-corrected chi connectivity index (χ1v) is 5.43. The van der Waals surface area contributed by atoms with Gasteiger partial charge in [-0.05, 0) is 43.7 Å². The second kappa shape index (κ2) is 4.78. The Balaban J connectivity index is 2.25. The topological polar surface area (TPSA) is 45.0 Å². The molecule has 0 saturated carbocycles. The molecule has 0 heterocycles. The molecule has 1 N–H and O–H groups in total. The second-order valence-electron chi connectivity index (χ2n) is 4.03. The molecule has 0 unspecified atom stereocenters. The maximum absolute atomic E-state index is 9.60. The molecule has 0 amide bonds. The van der Waals surface area contributed by atoms with Crippen molar-refractivity contribution >= 4 is 11.4 Å². The van der Waals surface area contributed by atoms with E-state index in [2.05, 4.69) is 10.2 Å². The van der Waals surface area contributed by atoms with Gasteiger partial charge in [0.05, 0.1) is 5.69 Å². The summed E-state index contributed by atoms with van der Waals surface area (Å²) in [5, 5.41) is 17.7. The summed E-state index contributed by atoms with van der Waals surface area (Å²) in [5.74, 6) is 0.145. The zero-order valence-corrected chi connectivity index (χ0v) is 9.88. The Kier molecular flexibility index (Phi) is 3.19. The van der Waals surface area contributed by atoms with Crippen LogP contribution >= 0.6 is 0 Å². The van der Waals surface area contributed by atoms with E-state index in [1.807, 2.05) is 44.2 Å². The van der Waals surface area contributed by atoms with Crippen LogP contribution < -0.4 is 0 Å². The summed E-state index contributed by atoms with van der Waals surface area (Å²) in [6.45, 7) is 3.97. The van der Waals surface area contributed by atoms with Crippen molar-refractivity contribution in [3.63, 3.8) is 0 Å². The molecule has 0 bridgehead atoms. The van der Waals surface area contributed by atoms with Gasteiger partial charge in [0.25, 0.3) is 0 Å². The number of nitrogens with zero attached hydrogens (tertiary/aromatic N) is 2. The lowest BCUT2D eigenvalue weighted by Crippen LogP contribution is -1.72. The molecule has 0 fully saturated rings.